The number of benzene rings is 2. The number of hydrogen-bond acceptors (Lipinski definition) is 5. The van der Waals surface area contributed by atoms with Crippen molar-refractivity contribution in [3.05, 3.63) is 64.7 Å². The number of nitrogens with zero attached hydrogens (tertiary/aromatic N) is 4. The van der Waals surface area contributed by atoms with Crippen LogP contribution in [0.4, 0.5) is 5.69 Å². The van der Waals surface area contributed by atoms with E-state index >= 15 is 0 Å². The molecule has 1 saturated heterocycles. The number of nitrogens with two attached hydrogens (primary N) is 1. The molecule has 1 fully saturated rings. The summed E-state index contributed by atoms with van der Waals surface area (Å²) in [5.41, 5.74) is 8.44. The molecule has 0 atom stereocenters. The predicted octanol–water partition coefficient (Wildman–Crippen LogP) is 3.90. The van der Waals surface area contributed by atoms with Crippen molar-refractivity contribution in [2.24, 2.45) is 11.7 Å². The number of amides is 3. The van der Waals surface area contributed by atoms with Crippen LogP contribution in [-0.4, -0.2) is 78.2 Å². The van der Waals surface area contributed by atoms with E-state index in [0.29, 0.717) is 63.6 Å². The van der Waals surface area contributed by atoms with Crippen molar-refractivity contribution in [1.82, 2.24) is 14.7 Å². The van der Waals surface area contributed by atoms with Crippen LogP contribution in [0.15, 0.2) is 48.5 Å². The van der Waals surface area contributed by atoms with Crippen molar-refractivity contribution in [1.29, 1.82) is 0 Å². The Labute approximate surface area is 243 Å². The summed E-state index contributed by atoms with van der Waals surface area (Å²) in [5.74, 6) is -0.244. The van der Waals surface area contributed by atoms with Crippen LogP contribution in [0, 0.1) is 5.92 Å². The lowest BCUT2D eigenvalue weighted by atomic mass is 9.96. The molecule has 9 heteroatoms. The number of hydrogen-bond donors (Lipinski definition) is 1. The van der Waals surface area contributed by atoms with Gasteiger partial charge in [0.25, 0.3) is 0 Å². The van der Waals surface area contributed by atoms with Crippen molar-refractivity contribution >= 4 is 35.0 Å². The molecule has 3 amide bonds. The smallest absolute Gasteiger partial charge is 0.237 e. The van der Waals surface area contributed by atoms with Gasteiger partial charge in [-0.1, -0.05) is 54.9 Å². The summed E-state index contributed by atoms with van der Waals surface area (Å²) < 4.78 is 0. The molecule has 2 aromatic rings. The molecule has 40 heavy (non-hydrogen) atoms. The van der Waals surface area contributed by atoms with Crippen LogP contribution >= 0.6 is 11.6 Å². The van der Waals surface area contributed by atoms with Gasteiger partial charge in [-0.05, 0) is 62.0 Å². The van der Waals surface area contributed by atoms with Crippen molar-refractivity contribution in [2.45, 2.75) is 52.1 Å². The molecule has 0 spiro atoms. The SMILES string of the molecule is CCCC(=O)N1CCCN(Cc2ccccc2)CCN(C(=O)CN2CCC(C(N)=O)CC2)Cc2ccc(Cl)cc21. The van der Waals surface area contributed by atoms with E-state index in [4.69, 9.17) is 17.3 Å². The first-order valence-electron chi connectivity index (χ1n) is 14.5. The van der Waals surface area contributed by atoms with Crippen LogP contribution in [0.5, 0.6) is 0 Å². The van der Waals surface area contributed by atoms with Crippen LogP contribution < -0.4 is 10.6 Å². The number of halogens is 1. The van der Waals surface area contributed by atoms with E-state index in [2.05, 4.69) is 21.9 Å². The molecular weight excluding hydrogens is 526 g/mol. The summed E-state index contributed by atoms with van der Waals surface area (Å²) in [6.45, 7) is 7.57. The highest BCUT2D eigenvalue weighted by Gasteiger charge is 2.28. The number of likely N-dealkylation sites (tertiary alicyclic amines) is 1. The quantitative estimate of drug-likeness (QED) is 0.548. The molecule has 2 aliphatic heterocycles. The molecule has 0 aromatic heterocycles. The molecule has 2 aliphatic rings. The Morgan fingerprint density at radius 3 is 2.35 bits per heavy atom. The molecule has 0 bridgehead atoms. The van der Waals surface area contributed by atoms with Gasteiger partial charge in [-0.3, -0.25) is 24.2 Å². The molecule has 0 radical (unpaired) electrons. The van der Waals surface area contributed by atoms with E-state index < -0.39 is 0 Å². The normalized spacial score (nSPS) is 18.1. The Bertz CT molecular complexity index is 1150. The number of rotatable bonds is 7. The van der Waals surface area contributed by atoms with Gasteiger partial charge in [-0.25, -0.2) is 0 Å². The van der Waals surface area contributed by atoms with E-state index in [1.807, 2.05) is 53.1 Å². The standard InChI is InChI=1S/C31H42ClN5O3/c1-2-7-29(38)37-15-6-14-34(21-24-8-4-3-5-9-24)18-19-36(22-26-10-11-27(32)20-28(26)37)30(39)23-35-16-12-25(13-17-35)31(33)40/h3-5,8-11,20,25H,2,6-7,12-19,21-23H2,1H3,(H2,33,40). The third-order valence-electron chi connectivity index (χ3n) is 7.96. The number of anilines is 1. The van der Waals surface area contributed by atoms with E-state index in [0.717, 1.165) is 43.7 Å². The van der Waals surface area contributed by atoms with E-state index in [-0.39, 0.29) is 23.6 Å². The number of carbonyl (C=O) groups excluding carboxylic acids is 3. The van der Waals surface area contributed by atoms with Gasteiger partial charge >= 0.3 is 0 Å². The van der Waals surface area contributed by atoms with Crippen molar-refractivity contribution in [3.8, 4) is 0 Å². The summed E-state index contributed by atoms with van der Waals surface area (Å²) in [7, 11) is 0. The van der Waals surface area contributed by atoms with Gasteiger partial charge in [-0.2, -0.15) is 0 Å². The number of fused-ring (bicyclic) bond motifs is 1. The fourth-order valence-electron chi connectivity index (χ4n) is 5.64. The zero-order chi connectivity index (χ0) is 28.5. The van der Waals surface area contributed by atoms with Crippen molar-refractivity contribution in [2.75, 3.05) is 50.7 Å². The molecule has 2 N–H and O–H groups in total. The Morgan fingerprint density at radius 1 is 0.900 bits per heavy atom. The third kappa shape index (κ3) is 8.29. The largest absolute Gasteiger partial charge is 0.369 e. The first-order chi connectivity index (χ1) is 19.3. The maximum atomic E-state index is 13.8. The Hall–Kier alpha value is -2.94. The van der Waals surface area contributed by atoms with Crippen LogP contribution in [0.1, 0.15) is 50.2 Å². The summed E-state index contributed by atoms with van der Waals surface area (Å²) in [5, 5.41) is 0.573. The third-order valence-corrected chi connectivity index (χ3v) is 8.19. The highest BCUT2D eigenvalue weighted by molar-refractivity contribution is 6.31. The summed E-state index contributed by atoms with van der Waals surface area (Å²) in [4.78, 5) is 46.9. The van der Waals surface area contributed by atoms with Gasteiger partial charge in [0.1, 0.15) is 0 Å². The Balaban J connectivity index is 1.58. The zero-order valence-corrected chi connectivity index (χ0v) is 24.3. The topological polar surface area (TPSA) is 90.2 Å². The minimum Gasteiger partial charge on any atom is -0.369 e. The maximum Gasteiger partial charge on any atom is 0.237 e. The van der Waals surface area contributed by atoms with Crippen LogP contribution in [0.3, 0.4) is 0 Å². The average molecular weight is 568 g/mol. The molecule has 2 aromatic carbocycles. The molecule has 0 aliphatic carbocycles. The van der Waals surface area contributed by atoms with Crippen LogP contribution in [0.2, 0.25) is 5.02 Å². The lowest BCUT2D eigenvalue weighted by Crippen LogP contribution is -2.46. The maximum absolute atomic E-state index is 13.8. The summed E-state index contributed by atoms with van der Waals surface area (Å²) in [6.07, 6.45) is 3.41. The van der Waals surface area contributed by atoms with Gasteiger partial charge in [0, 0.05) is 56.6 Å². The highest BCUT2D eigenvalue weighted by Crippen LogP contribution is 2.28. The van der Waals surface area contributed by atoms with Crippen molar-refractivity contribution < 1.29 is 14.4 Å². The number of primary amides is 1. The first kappa shape index (κ1) is 30.0. The monoisotopic (exact) mass is 567 g/mol. The van der Waals surface area contributed by atoms with Crippen LogP contribution in [-0.2, 0) is 27.5 Å². The van der Waals surface area contributed by atoms with Crippen molar-refractivity contribution in [3.63, 3.8) is 0 Å². The number of carbonyl (C=O) groups is 3. The van der Waals surface area contributed by atoms with Gasteiger partial charge in [0.2, 0.25) is 17.7 Å². The molecular formula is C31H42ClN5O3. The lowest BCUT2D eigenvalue weighted by Gasteiger charge is -2.33. The minimum absolute atomic E-state index is 0.0452. The minimum atomic E-state index is -0.255. The molecule has 8 nitrogen and oxygen atoms in total. The first-order valence-corrected chi connectivity index (χ1v) is 14.9. The fraction of sp³-hybridized carbons (Fsp3) is 0.516. The molecule has 216 valence electrons. The zero-order valence-electron chi connectivity index (χ0n) is 23.6. The Morgan fingerprint density at radius 2 is 1.65 bits per heavy atom. The van der Waals surface area contributed by atoms with E-state index in [1.165, 1.54) is 5.56 Å². The molecule has 0 saturated carbocycles. The lowest BCUT2D eigenvalue weighted by molar-refractivity contribution is -0.133. The second-order valence-electron chi connectivity index (χ2n) is 11.0. The van der Waals surface area contributed by atoms with Gasteiger partial charge in [0.15, 0.2) is 0 Å². The summed E-state index contributed by atoms with van der Waals surface area (Å²) in [6, 6.07) is 16.0. The van der Waals surface area contributed by atoms with Gasteiger partial charge in [0.05, 0.1) is 12.2 Å². The van der Waals surface area contributed by atoms with E-state index in [1.54, 1.807) is 0 Å². The predicted molar refractivity (Wildman–Crippen MR) is 159 cm³/mol. The Kier molecular flexibility index (Phi) is 11.0. The van der Waals surface area contributed by atoms with Gasteiger partial charge < -0.3 is 15.5 Å². The fourth-order valence-corrected chi connectivity index (χ4v) is 5.81. The second-order valence-corrected chi connectivity index (χ2v) is 11.4. The average Bonchev–Trinajstić information content (AvgIpc) is 2.97. The van der Waals surface area contributed by atoms with Crippen LogP contribution in [0.25, 0.3) is 0 Å². The van der Waals surface area contributed by atoms with Gasteiger partial charge in [-0.15, -0.1) is 0 Å². The second kappa shape index (κ2) is 14.6. The summed E-state index contributed by atoms with van der Waals surface area (Å²) >= 11 is 6.43. The van der Waals surface area contributed by atoms with E-state index in [9.17, 15) is 14.4 Å². The molecule has 2 heterocycles. The molecule has 0 unspecified atom stereocenters. The number of piperidine rings is 1. The highest BCUT2D eigenvalue weighted by atomic mass is 35.5. The molecule has 4 rings (SSSR count).